The van der Waals surface area contributed by atoms with Crippen molar-refractivity contribution in [3.05, 3.63) is 12.2 Å². The maximum Gasteiger partial charge on any atom is 0.186 e. The monoisotopic (exact) mass is 386 g/mol. The van der Waals surface area contributed by atoms with Crippen molar-refractivity contribution in [1.82, 2.24) is 0 Å². The van der Waals surface area contributed by atoms with Gasteiger partial charge in [-0.3, -0.25) is 4.79 Å². The molecule has 3 rings (SSSR count). The summed E-state index contributed by atoms with van der Waals surface area (Å²) >= 11 is 0. The van der Waals surface area contributed by atoms with Crippen LogP contribution in [0.5, 0.6) is 0 Å². The first kappa shape index (κ1) is 20.9. The van der Waals surface area contributed by atoms with Gasteiger partial charge in [0.05, 0.1) is 24.9 Å². The Bertz CT molecular complexity index is 572. The highest BCUT2D eigenvalue weighted by Gasteiger charge is 2.58. The van der Waals surface area contributed by atoms with Crippen molar-refractivity contribution in [2.24, 2.45) is 11.3 Å². The molecule has 4 N–H and O–H groups in total. The molecule has 1 aliphatic carbocycles. The number of rotatable bonds is 5. The van der Waals surface area contributed by atoms with Crippen molar-refractivity contribution in [1.29, 1.82) is 0 Å². The molecule has 0 amide bonds. The second-order valence-corrected chi connectivity index (χ2v) is 8.57. The Morgan fingerprint density at radius 2 is 1.89 bits per heavy atom. The van der Waals surface area contributed by atoms with Gasteiger partial charge in [0.1, 0.15) is 24.4 Å². The Morgan fingerprint density at radius 1 is 1.19 bits per heavy atom. The van der Waals surface area contributed by atoms with Gasteiger partial charge in [0.2, 0.25) is 0 Å². The molecule has 0 radical (unpaired) electrons. The summed E-state index contributed by atoms with van der Waals surface area (Å²) in [5, 5.41) is 39.4. The lowest BCUT2D eigenvalue weighted by atomic mass is 9.62. The van der Waals surface area contributed by atoms with Crippen molar-refractivity contribution in [3.63, 3.8) is 0 Å². The second-order valence-electron chi connectivity index (χ2n) is 8.57. The van der Waals surface area contributed by atoms with E-state index in [1.165, 1.54) is 6.92 Å². The lowest BCUT2D eigenvalue weighted by Gasteiger charge is -2.46. The van der Waals surface area contributed by atoms with Gasteiger partial charge in [-0.25, -0.2) is 0 Å². The summed E-state index contributed by atoms with van der Waals surface area (Å²) in [6, 6.07) is 0. The number of hydrogen-bond acceptors (Lipinski definition) is 8. The minimum Gasteiger partial charge on any atom is -0.394 e. The van der Waals surface area contributed by atoms with Crippen molar-refractivity contribution < 1.29 is 39.4 Å². The number of aliphatic hydroxyl groups excluding tert-OH is 4. The maximum absolute atomic E-state index is 11.3. The Kier molecular flexibility index (Phi) is 5.80. The summed E-state index contributed by atoms with van der Waals surface area (Å²) in [5.74, 6) is 0.0462. The van der Waals surface area contributed by atoms with Crippen LogP contribution in [0.1, 0.15) is 33.6 Å². The Labute approximate surface area is 158 Å². The predicted octanol–water partition coefficient (Wildman–Crippen LogP) is -0.478. The maximum atomic E-state index is 11.3. The summed E-state index contributed by atoms with van der Waals surface area (Å²) in [6.45, 7) is 5.61. The fourth-order valence-electron chi connectivity index (χ4n) is 4.80. The molecular weight excluding hydrogens is 356 g/mol. The summed E-state index contributed by atoms with van der Waals surface area (Å²) in [5.41, 5.74) is -0.754. The van der Waals surface area contributed by atoms with E-state index in [-0.39, 0.29) is 23.2 Å². The molecule has 2 bridgehead atoms. The number of carbonyl (C=O) groups excluding carboxylic acids is 1. The van der Waals surface area contributed by atoms with E-state index >= 15 is 0 Å². The normalized spacial score (nSPS) is 50.3. The van der Waals surface area contributed by atoms with E-state index in [2.05, 4.69) is 6.92 Å². The van der Waals surface area contributed by atoms with E-state index in [1.807, 2.05) is 13.0 Å². The first-order valence-electron chi connectivity index (χ1n) is 9.38. The SMILES string of the molecule is CC(=O)C=CC1[C@@]2(C)CO[C@]1(C)CC(OC1OC(CO)C(O)C(O)C1O)C2. The molecule has 9 atom stereocenters. The highest BCUT2D eigenvalue weighted by atomic mass is 16.7. The van der Waals surface area contributed by atoms with E-state index < -0.39 is 42.9 Å². The number of ether oxygens (including phenoxy) is 3. The Hall–Kier alpha value is -0.870. The average molecular weight is 386 g/mol. The van der Waals surface area contributed by atoms with Crippen molar-refractivity contribution in [2.75, 3.05) is 13.2 Å². The fourth-order valence-corrected chi connectivity index (χ4v) is 4.80. The van der Waals surface area contributed by atoms with Gasteiger partial charge in [0, 0.05) is 17.8 Å². The summed E-state index contributed by atoms with van der Waals surface area (Å²) in [6.07, 6.45) is -2.09. The minimum atomic E-state index is -1.46. The molecule has 1 saturated carbocycles. The van der Waals surface area contributed by atoms with Crippen molar-refractivity contribution in [3.8, 4) is 0 Å². The third-order valence-electron chi connectivity index (χ3n) is 6.17. The first-order valence-corrected chi connectivity index (χ1v) is 9.38. The van der Waals surface area contributed by atoms with Crippen LogP contribution in [0.4, 0.5) is 0 Å². The number of fused-ring (bicyclic) bond motifs is 2. The molecule has 2 heterocycles. The molecule has 2 saturated heterocycles. The van der Waals surface area contributed by atoms with Gasteiger partial charge in [-0.1, -0.05) is 13.0 Å². The van der Waals surface area contributed by atoms with Crippen LogP contribution in [0.3, 0.4) is 0 Å². The lowest BCUT2D eigenvalue weighted by Crippen LogP contribution is -2.60. The van der Waals surface area contributed by atoms with E-state index in [9.17, 15) is 25.2 Å². The van der Waals surface area contributed by atoms with Crippen molar-refractivity contribution >= 4 is 5.78 Å². The van der Waals surface area contributed by atoms with E-state index in [1.54, 1.807) is 6.08 Å². The topological polar surface area (TPSA) is 126 Å². The fraction of sp³-hybridized carbons (Fsp3) is 0.842. The zero-order valence-corrected chi connectivity index (χ0v) is 15.9. The van der Waals surface area contributed by atoms with Crippen LogP contribution < -0.4 is 0 Å². The summed E-state index contributed by atoms with van der Waals surface area (Å²) in [4.78, 5) is 11.3. The molecule has 3 fully saturated rings. The van der Waals surface area contributed by atoms with Gasteiger partial charge in [-0.15, -0.1) is 0 Å². The highest BCUT2D eigenvalue weighted by molar-refractivity contribution is 5.87. The van der Waals surface area contributed by atoms with Crippen LogP contribution in [0, 0.1) is 11.3 Å². The van der Waals surface area contributed by atoms with Gasteiger partial charge >= 0.3 is 0 Å². The quantitative estimate of drug-likeness (QED) is 0.467. The predicted molar refractivity (Wildman–Crippen MR) is 93.6 cm³/mol. The second kappa shape index (κ2) is 7.51. The number of allylic oxidation sites excluding steroid dienone is 1. The van der Waals surface area contributed by atoms with Crippen LogP contribution >= 0.6 is 0 Å². The van der Waals surface area contributed by atoms with Gasteiger partial charge in [-0.05, 0) is 26.3 Å². The molecule has 8 heteroatoms. The minimum absolute atomic E-state index is 0.0127. The molecule has 27 heavy (non-hydrogen) atoms. The summed E-state index contributed by atoms with van der Waals surface area (Å²) < 4.78 is 17.5. The zero-order valence-electron chi connectivity index (χ0n) is 15.9. The number of ketones is 1. The van der Waals surface area contributed by atoms with Crippen LogP contribution in [0.25, 0.3) is 0 Å². The number of aliphatic hydroxyl groups is 4. The molecule has 3 aliphatic rings. The Morgan fingerprint density at radius 3 is 2.48 bits per heavy atom. The largest absolute Gasteiger partial charge is 0.394 e. The molecule has 0 spiro atoms. The number of carbonyl (C=O) groups is 1. The molecule has 0 aromatic rings. The number of hydrogen-bond donors (Lipinski definition) is 4. The molecule has 0 aromatic carbocycles. The molecule has 2 aliphatic heterocycles. The van der Waals surface area contributed by atoms with Gasteiger partial charge in [0.25, 0.3) is 0 Å². The third-order valence-corrected chi connectivity index (χ3v) is 6.17. The van der Waals surface area contributed by atoms with E-state index in [0.29, 0.717) is 19.4 Å². The van der Waals surface area contributed by atoms with Gasteiger partial charge in [0.15, 0.2) is 12.1 Å². The third kappa shape index (κ3) is 3.85. The molecule has 7 unspecified atom stereocenters. The van der Waals surface area contributed by atoms with Gasteiger partial charge in [-0.2, -0.15) is 0 Å². The van der Waals surface area contributed by atoms with E-state index in [0.717, 1.165) is 0 Å². The van der Waals surface area contributed by atoms with Crippen LogP contribution in [-0.4, -0.2) is 81.8 Å². The Balaban J connectivity index is 1.72. The standard InChI is InChI=1S/C19H30O8/c1-10(21)4-5-13-18(2)6-11(7-19(13,3)25-9-18)26-17-16(24)15(23)14(22)12(8-20)27-17/h4-5,11-17,20,22-24H,6-9H2,1-3H3/t11?,12?,13?,14?,15?,16?,17?,18-,19-/m1/s1. The van der Waals surface area contributed by atoms with Crippen LogP contribution in [-0.2, 0) is 19.0 Å². The molecule has 8 nitrogen and oxygen atoms in total. The average Bonchev–Trinajstić information content (AvgIpc) is 2.74. The molecule has 0 aromatic heterocycles. The molecule has 154 valence electrons. The first-order chi connectivity index (χ1) is 12.6. The zero-order chi connectivity index (χ0) is 20.0. The van der Waals surface area contributed by atoms with Crippen LogP contribution in [0.15, 0.2) is 12.2 Å². The van der Waals surface area contributed by atoms with Crippen LogP contribution in [0.2, 0.25) is 0 Å². The summed E-state index contributed by atoms with van der Waals surface area (Å²) in [7, 11) is 0. The molecular formula is C19H30O8. The highest BCUT2D eigenvalue weighted by Crippen LogP contribution is 2.55. The smallest absolute Gasteiger partial charge is 0.186 e. The lowest BCUT2D eigenvalue weighted by molar-refractivity contribution is -0.316. The van der Waals surface area contributed by atoms with Gasteiger partial charge < -0.3 is 34.6 Å². The van der Waals surface area contributed by atoms with E-state index in [4.69, 9.17) is 14.2 Å². The van der Waals surface area contributed by atoms with Crippen molar-refractivity contribution in [2.45, 2.75) is 76.0 Å².